The Hall–Kier alpha value is -2.92. The van der Waals surface area contributed by atoms with Crippen LogP contribution in [-0.4, -0.2) is 41.1 Å². The first-order valence-corrected chi connectivity index (χ1v) is 11.0. The molecule has 0 bridgehead atoms. The minimum absolute atomic E-state index is 0.00962. The second kappa shape index (κ2) is 7.97. The van der Waals surface area contributed by atoms with Crippen LogP contribution in [0.5, 0.6) is 0 Å². The van der Waals surface area contributed by atoms with Gasteiger partial charge in [0.1, 0.15) is 5.65 Å². The molecule has 0 atom stereocenters. The molecule has 1 saturated heterocycles. The Morgan fingerprint density at radius 3 is 2.35 bits per heavy atom. The average molecular weight is 452 g/mol. The maximum Gasteiger partial charge on any atom is 0.417 e. The number of pyridine rings is 1. The number of rotatable bonds is 5. The number of fused-ring (bicyclic) bond motifs is 1. The minimum Gasteiger partial charge on any atom is -0.346 e. The molecule has 0 unspecified atom stereocenters. The largest absolute Gasteiger partial charge is 0.417 e. The number of aromatic nitrogens is 2. The number of alkyl halides is 3. The van der Waals surface area contributed by atoms with Crippen molar-refractivity contribution in [1.82, 2.24) is 19.0 Å². The van der Waals surface area contributed by atoms with E-state index in [1.807, 2.05) is 0 Å². The van der Waals surface area contributed by atoms with Gasteiger partial charge in [-0.3, -0.25) is 4.79 Å². The van der Waals surface area contributed by atoms with Crippen LogP contribution >= 0.6 is 0 Å². The van der Waals surface area contributed by atoms with Crippen molar-refractivity contribution in [2.45, 2.75) is 30.5 Å². The first kappa shape index (κ1) is 21.3. The third-order valence-corrected chi connectivity index (χ3v) is 6.99. The van der Waals surface area contributed by atoms with Crippen molar-refractivity contribution in [2.75, 3.05) is 13.1 Å². The molecule has 0 aliphatic carbocycles. The van der Waals surface area contributed by atoms with Gasteiger partial charge < -0.3 is 9.72 Å². The summed E-state index contributed by atoms with van der Waals surface area (Å²) in [6.07, 6.45) is -0.439. The van der Waals surface area contributed by atoms with E-state index in [9.17, 15) is 26.4 Å². The van der Waals surface area contributed by atoms with Gasteiger partial charge in [0.2, 0.25) is 10.0 Å². The van der Waals surface area contributed by atoms with Crippen LogP contribution in [0.3, 0.4) is 0 Å². The Morgan fingerprint density at radius 1 is 1.03 bits per heavy atom. The zero-order valence-corrected chi connectivity index (χ0v) is 17.1. The van der Waals surface area contributed by atoms with Gasteiger partial charge in [0.05, 0.1) is 22.7 Å². The fourth-order valence-electron chi connectivity index (χ4n) is 3.43. The van der Waals surface area contributed by atoms with E-state index in [1.54, 1.807) is 0 Å². The molecule has 3 aromatic rings. The number of carbonyl (C=O) groups is 1. The molecule has 0 spiro atoms. The van der Waals surface area contributed by atoms with Gasteiger partial charge in [-0.2, -0.15) is 17.5 Å². The fraction of sp³-hybridized carbons (Fsp3) is 0.300. The van der Waals surface area contributed by atoms with Crippen molar-refractivity contribution in [3.63, 3.8) is 0 Å². The fourth-order valence-corrected chi connectivity index (χ4v) is 4.94. The van der Waals surface area contributed by atoms with Crippen LogP contribution < -0.4 is 5.32 Å². The molecule has 11 heteroatoms. The van der Waals surface area contributed by atoms with E-state index in [0.717, 1.165) is 25.1 Å². The number of hydrogen-bond acceptors (Lipinski definition) is 4. The number of amides is 1. The minimum atomic E-state index is -4.46. The van der Waals surface area contributed by atoms with E-state index in [0.29, 0.717) is 24.4 Å². The molecule has 2 aromatic heterocycles. The number of carbonyl (C=O) groups excluding carboxylic acids is 1. The lowest BCUT2D eigenvalue weighted by Gasteiger charge is -2.15. The van der Waals surface area contributed by atoms with Crippen molar-refractivity contribution in [1.29, 1.82) is 0 Å². The molecule has 3 heterocycles. The molecule has 1 amide bonds. The molecule has 0 radical (unpaired) electrons. The third-order valence-electron chi connectivity index (χ3n) is 5.08. The highest BCUT2D eigenvalue weighted by molar-refractivity contribution is 7.89. The van der Waals surface area contributed by atoms with Crippen LogP contribution in [0.25, 0.3) is 5.65 Å². The molecule has 31 heavy (non-hydrogen) atoms. The van der Waals surface area contributed by atoms with E-state index in [-0.39, 0.29) is 17.0 Å². The molecule has 1 fully saturated rings. The van der Waals surface area contributed by atoms with Gasteiger partial charge in [-0.15, -0.1) is 0 Å². The van der Waals surface area contributed by atoms with E-state index in [2.05, 4.69) is 10.3 Å². The summed E-state index contributed by atoms with van der Waals surface area (Å²) in [4.78, 5) is 16.7. The number of halogens is 3. The summed E-state index contributed by atoms with van der Waals surface area (Å²) >= 11 is 0. The maximum atomic E-state index is 12.8. The normalized spacial score (nSPS) is 15.5. The van der Waals surface area contributed by atoms with Crippen LogP contribution in [0.15, 0.2) is 53.7 Å². The van der Waals surface area contributed by atoms with Gasteiger partial charge >= 0.3 is 6.18 Å². The molecule has 4 rings (SSSR count). The van der Waals surface area contributed by atoms with Crippen molar-refractivity contribution in [2.24, 2.45) is 0 Å². The summed E-state index contributed by atoms with van der Waals surface area (Å²) < 4.78 is 66.2. The Kier molecular flexibility index (Phi) is 5.48. The molecule has 0 saturated carbocycles. The molecule has 1 aromatic carbocycles. The van der Waals surface area contributed by atoms with E-state index >= 15 is 0 Å². The number of benzene rings is 1. The second-order valence-electron chi connectivity index (χ2n) is 7.23. The second-order valence-corrected chi connectivity index (χ2v) is 9.17. The van der Waals surface area contributed by atoms with Gasteiger partial charge in [0.15, 0.2) is 0 Å². The van der Waals surface area contributed by atoms with Gasteiger partial charge in [-0.05, 0) is 49.2 Å². The van der Waals surface area contributed by atoms with Crippen molar-refractivity contribution in [3.05, 3.63) is 65.6 Å². The zero-order valence-electron chi connectivity index (χ0n) is 16.3. The Balaban J connectivity index is 1.43. The Bertz CT molecular complexity index is 1210. The van der Waals surface area contributed by atoms with Crippen LogP contribution in [0.4, 0.5) is 13.2 Å². The summed E-state index contributed by atoms with van der Waals surface area (Å²) in [6.45, 7) is 0.998. The highest BCUT2D eigenvalue weighted by Crippen LogP contribution is 2.29. The lowest BCUT2D eigenvalue weighted by atomic mass is 10.2. The van der Waals surface area contributed by atoms with Crippen LogP contribution in [0.2, 0.25) is 0 Å². The monoisotopic (exact) mass is 452 g/mol. The van der Waals surface area contributed by atoms with Crippen molar-refractivity contribution < 1.29 is 26.4 Å². The standard InChI is InChI=1S/C20H19F3N4O3S/c21-20(22,23)15-5-8-18-25-16(13-26(18)12-15)11-24-19(28)14-3-6-17(7-4-14)31(29,30)27-9-1-2-10-27/h3-8,12-13H,1-2,9-11H2,(H,24,28). The first-order chi connectivity index (χ1) is 14.6. The zero-order chi connectivity index (χ0) is 22.2. The highest BCUT2D eigenvalue weighted by Gasteiger charge is 2.31. The van der Waals surface area contributed by atoms with Crippen LogP contribution in [0.1, 0.15) is 34.5 Å². The number of nitrogens with one attached hydrogen (secondary N) is 1. The Morgan fingerprint density at radius 2 is 1.71 bits per heavy atom. The van der Waals surface area contributed by atoms with Crippen molar-refractivity contribution in [3.8, 4) is 0 Å². The molecule has 164 valence electrons. The van der Waals surface area contributed by atoms with Gasteiger partial charge in [0.25, 0.3) is 5.91 Å². The first-order valence-electron chi connectivity index (χ1n) is 9.58. The van der Waals surface area contributed by atoms with E-state index in [4.69, 9.17) is 0 Å². The van der Waals surface area contributed by atoms with Gasteiger partial charge in [0, 0.05) is 31.0 Å². The lowest BCUT2D eigenvalue weighted by molar-refractivity contribution is -0.137. The molecule has 1 aliphatic heterocycles. The maximum absolute atomic E-state index is 12.8. The topological polar surface area (TPSA) is 83.8 Å². The van der Waals surface area contributed by atoms with Crippen LogP contribution in [0, 0.1) is 0 Å². The van der Waals surface area contributed by atoms with E-state index in [1.165, 1.54) is 45.2 Å². The quantitative estimate of drug-likeness (QED) is 0.645. The lowest BCUT2D eigenvalue weighted by Crippen LogP contribution is -2.28. The smallest absolute Gasteiger partial charge is 0.346 e. The Labute approximate surface area is 176 Å². The van der Waals surface area contributed by atoms with Gasteiger partial charge in [-0.1, -0.05) is 0 Å². The summed E-state index contributed by atoms with van der Waals surface area (Å²) in [7, 11) is -3.56. The predicted molar refractivity (Wildman–Crippen MR) is 106 cm³/mol. The number of sulfonamides is 1. The predicted octanol–water partition coefficient (Wildman–Crippen LogP) is 3.07. The summed E-state index contributed by atoms with van der Waals surface area (Å²) in [5, 5.41) is 2.64. The SMILES string of the molecule is O=C(NCc1cn2cc(C(F)(F)F)ccc2n1)c1ccc(S(=O)(=O)N2CCCC2)cc1. The number of hydrogen-bond donors (Lipinski definition) is 1. The number of nitrogens with zero attached hydrogens (tertiary/aromatic N) is 3. The summed E-state index contributed by atoms with van der Waals surface area (Å²) in [6, 6.07) is 7.85. The van der Waals surface area contributed by atoms with Crippen LogP contribution in [-0.2, 0) is 22.7 Å². The van der Waals surface area contributed by atoms with Gasteiger partial charge in [-0.25, -0.2) is 13.4 Å². The summed E-state index contributed by atoms with van der Waals surface area (Å²) in [5.41, 5.74) is 0.190. The third kappa shape index (κ3) is 4.42. The molecule has 7 nitrogen and oxygen atoms in total. The van der Waals surface area contributed by atoms with E-state index < -0.39 is 27.7 Å². The molecule has 1 aliphatic rings. The molecular weight excluding hydrogens is 433 g/mol. The average Bonchev–Trinajstić information content (AvgIpc) is 3.41. The number of imidazole rings is 1. The van der Waals surface area contributed by atoms with Crippen molar-refractivity contribution >= 4 is 21.6 Å². The molecule has 1 N–H and O–H groups in total. The highest BCUT2D eigenvalue weighted by atomic mass is 32.2. The molecular formula is C20H19F3N4O3S. The summed E-state index contributed by atoms with van der Waals surface area (Å²) in [5.74, 6) is -0.446.